The van der Waals surface area contributed by atoms with Crippen LogP contribution in [-0.4, -0.2) is 9.13 Å². The Balaban J connectivity index is 0.747. The first-order chi connectivity index (χ1) is 35.2. The third-order valence-corrected chi connectivity index (χ3v) is 16.7. The van der Waals surface area contributed by atoms with E-state index in [4.69, 9.17) is 0 Å². The van der Waals surface area contributed by atoms with Gasteiger partial charge in [-0.05, 0) is 174 Å². The van der Waals surface area contributed by atoms with Gasteiger partial charge in [-0.15, -0.1) is 0 Å². The Hall–Kier alpha value is -8.72. The lowest BCUT2D eigenvalue weighted by atomic mass is 9.79. The molecule has 0 spiro atoms. The van der Waals surface area contributed by atoms with Gasteiger partial charge in [0, 0.05) is 43.7 Å². The summed E-state index contributed by atoms with van der Waals surface area (Å²) in [6, 6.07) is 86.3. The molecule has 11 aromatic carbocycles. The topological polar surface area (TPSA) is 9.86 Å². The fourth-order valence-corrected chi connectivity index (χ4v) is 12.9. The van der Waals surface area contributed by atoms with Crippen molar-refractivity contribution in [3.05, 3.63) is 253 Å². The molecular formula is C70H50N2. The molecule has 0 fully saturated rings. The van der Waals surface area contributed by atoms with Gasteiger partial charge in [-0.25, -0.2) is 0 Å². The van der Waals surface area contributed by atoms with Crippen LogP contribution >= 0.6 is 0 Å². The van der Waals surface area contributed by atoms with Crippen molar-refractivity contribution in [3.8, 4) is 67.0 Å². The number of fused-ring (bicyclic) bond motifs is 13. The van der Waals surface area contributed by atoms with Crippen molar-refractivity contribution in [2.75, 3.05) is 0 Å². The van der Waals surface area contributed by atoms with Gasteiger partial charge in [-0.1, -0.05) is 173 Å². The Morgan fingerprint density at radius 2 is 0.653 bits per heavy atom. The number of benzene rings is 11. The first kappa shape index (κ1) is 41.1. The van der Waals surface area contributed by atoms with Gasteiger partial charge in [0.25, 0.3) is 0 Å². The first-order valence-corrected chi connectivity index (χ1v) is 25.4. The SMILES string of the molecule is CC1(C)c2cc(-c3ccc(-c4ccc5c(c4)c4ccccc4n5-c4ccccc4)cc3)ccc2-c2cc3c(cc21)-c1ccc(-c2ccc4c(c2)c2ccccc2n4-c2ccc4ccccc4c2)cc1C3(C)C. The summed E-state index contributed by atoms with van der Waals surface area (Å²) in [5, 5.41) is 7.59. The summed E-state index contributed by atoms with van der Waals surface area (Å²) in [4.78, 5) is 0. The number of nitrogens with zero attached hydrogens (tertiary/aromatic N) is 2. The van der Waals surface area contributed by atoms with Crippen LogP contribution in [0.5, 0.6) is 0 Å². The predicted molar refractivity (Wildman–Crippen MR) is 304 cm³/mol. The van der Waals surface area contributed by atoms with Crippen LogP contribution in [0.15, 0.2) is 231 Å². The molecule has 340 valence electrons. The maximum absolute atomic E-state index is 2.54. The summed E-state index contributed by atoms with van der Waals surface area (Å²) in [6.45, 7) is 9.67. The Labute approximate surface area is 419 Å². The Kier molecular flexibility index (Phi) is 8.51. The molecule has 2 aliphatic carbocycles. The summed E-state index contributed by atoms with van der Waals surface area (Å²) in [5.74, 6) is 0. The van der Waals surface area contributed by atoms with Crippen LogP contribution in [0.2, 0.25) is 0 Å². The second-order valence-corrected chi connectivity index (χ2v) is 21.3. The van der Waals surface area contributed by atoms with Crippen LogP contribution in [0.1, 0.15) is 49.9 Å². The van der Waals surface area contributed by atoms with E-state index in [2.05, 4.69) is 267 Å². The largest absolute Gasteiger partial charge is 0.309 e. The van der Waals surface area contributed by atoms with E-state index in [1.807, 2.05) is 0 Å². The summed E-state index contributed by atoms with van der Waals surface area (Å²) in [6.07, 6.45) is 0. The Bertz CT molecular complexity index is 4420. The average molecular weight is 919 g/mol. The summed E-state index contributed by atoms with van der Waals surface area (Å²) in [7, 11) is 0. The number of aromatic nitrogens is 2. The fourth-order valence-electron chi connectivity index (χ4n) is 12.9. The van der Waals surface area contributed by atoms with Gasteiger partial charge < -0.3 is 9.13 Å². The third-order valence-electron chi connectivity index (χ3n) is 16.7. The van der Waals surface area contributed by atoms with E-state index in [1.54, 1.807) is 0 Å². The monoisotopic (exact) mass is 918 g/mol. The van der Waals surface area contributed by atoms with Gasteiger partial charge in [0.05, 0.1) is 22.1 Å². The highest BCUT2D eigenvalue weighted by Gasteiger charge is 2.42. The van der Waals surface area contributed by atoms with E-state index >= 15 is 0 Å². The second kappa shape index (κ2) is 14.9. The Morgan fingerprint density at radius 3 is 1.22 bits per heavy atom. The molecule has 2 aliphatic rings. The quantitative estimate of drug-likeness (QED) is 0.163. The summed E-state index contributed by atoms with van der Waals surface area (Å²) in [5.41, 5.74) is 25.4. The van der Waals surface area contributed by atoms with Crippen molar-refractivity contribution in [2.24, 2.45) is 0 Å². The van der Waals surface area contributed by atoms with E-state index in [0.717, 1.165) is 0 Å². The minimum Gasteiger partial charge on any atom is -0.309 e. The predicted octanol–water partition coefficient (Wildman–Crippen LogP) is 18.6. The zero-order valence-electron chi connectivity index (χ0n) is 40.8. The highest BCUT2D eigenvalue weighted by molar-refractivity contribution is 6.12. The molecule has 72 heavy (non-hydrogen) atoms. The molecule has 2 nitrogen and oxygen atoms in total. The van der Waals surface area contributed by atoms with Gasteiger partial charge in [-0.3, -0.25) is 0 Å². The molecule has 0 radical (unpaired) electrons. The van der Waals surface area contributed by atoms with Crippen molar-refractivity contribution >= 4 is 54.4 Å². The zero-order chi connectivity index (χ0) is 48.0. The minimum atomic E-state index is -0.163. The third kappa shape index (κ3) is 5.84. The first-order valence-electron chi connectivity index (χ1n) is 25.4. The van der Waals surface area contributed by atoms with E-state index in [-0.39, 0.29) is 10.8 Å². The number of hydrogen-bond acceptors (Lipinski definition) is 0. The second-order valence-electron chi connectivity index (χ2n) is 21.3. The smallest absolute Gasteiger partial charge is 0.0541 e. The van der Waals surface area contributed by atoms with Crippen LogP contribution in [0, 0.1) is 0 Å². The fraction of sp³-hybridized carbons (Fsp3) is 0.0857. The van der Waals surface area contributed by atoms with Crippen LogP contribution in [0.25, 0.3) is 121 Å². The van der Waals surface area contributed by atoms with Crippen LogP contribution in [-0.2, 0) is 10.8 Å². The van der Waals surface area contributed by atoms with Gasteiger partial charge in [-0.2, -0.15) is 0 Å². The van der Waals surface area contributed by atoms with Crippen molar-refractivity contribution in [3.63, 3.8) is 0 Å². The van der Waals surface area contributed by atoms with Gasteiger partial charge in [0.15, 0.2) is 0 Å². The molecule has 2 heterocycles. The molecule has 0 saturated carbocycles. The van der Waals surface area contributed by atoms with Crippen LogP contribution in [0.4, 0.5) is 0 Å². The minimum absolute atomic E-state index is 0.154. The van der Waals surface area contributed by atoms with Crippen molar-refractivity contribution < 1.29 is 0 Å². The lowest BCUT2D eigenvalue weighted by molar-refractivity contribution is 0.652. The van der Waals surface area contributed by atoms with Crippen molar-refractivity contribution in [1.82, 2.24) is 9.13 Å². The lowest BCUT2D eigenvalue weighted by Crippen LogP contribution is -2.17. The zero-order valence-corrected chi connectivity index (χ0v) is 40.8. The van der Waals surface area contributed by atoms with E-state index in [1.165, 1.54) is 144 Å². The number of hydrogen-bond donors (Lipinski definition) is 0. The standard InChI is InChI=1S/C70H50N2/c1-69(2)61-39-49(45-24-22-44(23-25-45)47-29-34-67-59(37-47)55-18-10-12-20-65(55)71(67)51-16-6-5-7-17-51)27-32-53(61)57-41-64-58(42-63(57)69)54-33-28-50(40-62(54)70(64,3)4)48-30-35-68-60(38-48)56-19-11-13-21-66(56)72(68)52-31-26-43-14-8-9-15-46(43)36-52/h5-42H,1-4H3. The van der Waals surface area contributed by atoms with Gasteiger partial charge in [0.2, 0.25) is 0 Å². The van der Waals surface area contributed by atoms with Crippen molar-refractivity contribution in [1.29, 1.82) is 0 Å². The number of para-hydroxylation sites is 3. The number of rotatable bonds is 5. The van der Waals surface area contributed by atoms with E-state index in [9.17, 15) is 0 Å². The van der Waals surface area contributed by atoms with E-state index < -0.39 is 0 Å². The summed E-state index contributed by atoms with van der Waals surface area (Å²) < 4.78 is 4.80. The molecule has 0 saturated heterocycles. The molecule has 2 aromatic heterocycles. The summed E-state index contributed by atoms with van der Waals surface area (Å²) >= 11 is 0. The molecule has 15 rings (SSSR count). The lowest BCUT2D eigenvalue weighted by Gasteiger charge is -2.24. The average Bonchev–Trinajstić information content (AvgIpc) is 4.08. The maximum atomic E-state index is 2.54. The molecule has 2 heteroatoms. The normalized spacial score (nSPS) is 14.1. The Morgan fingerprint density at radius 1 is 0.250 bits per heavy atom. The van der Waals surface area contributed by atoms with E-state index in [0.29, 0.717) is 0 Å². The highest BCUT2D eigenvalue weighted by atomic mass is 15.0. The molecule has 13 aromatic rings. The van der Waals surface area contributed by atoms with Crippen LogP contribution in [0.3, 0.4) is 0 Å². The van der Waals surface area contributed by atoms with Crippen LogP contribution < -0.4 is 0 Å². The van der Waals surface area contributed by atoms with Crippen molar-refractivity contribution in [2.45, 2.75) is 38.5 Å². The molecule has 0 unspecified atom stereocenters. The molecule has 0 amide bonds. The molecule has 0 bridgehead atoms. The highest BCUT2D eigenvalue weighted by Crippen LogP contribution is 2.57. The van der Waals surface area contributed by atoms with Gasteiger partial charge >= 0.3 is 0 Å². The molecule has 0 aliphatic heterocycles. The molecule has 0 atom stereocenters. The molecular weight excluding hydrogens is 869 g/mol. The maximum Gasteiger partial charge on any atom is 0.0541 e. The molecule has 0 N–H and O–H groups in total. The van der Waals surface area contributed by atoms with Gasteiger partial charge in [0.1, 0.15) is 0 Å².